The summed E-state index contributed by atoms with van der Waals surface area (Å²) in [5.74, 6) is -0.692. The molecule has 0 aliphatic carbocycles. The summed E-state index contributed by atoms with van der Waals surface area (Å²) in [4.78, 5) is 23.6. The molecular weight excluding hydrogens is 335 g/mol. The fraction of sp³-hybridized carbons (Fsp3) is 0.211. The van der Waals surface area contributed by atoms with Gasteiger partial charge >= 0.3 is 0 Å². The third kappa shape index (κ3) is 2.92. The Morgan fingerprint density at radius 3 is 2.88 bits per heavy atom. The summed E-state index contributed by atoms with van der Waals surface area (Å²) in [6.07, 6.45) is 0.855. The third-order valence-electron chi connectivity index (χ3n) is 4.55. The molecule has 26 heavy (non-hydrogen) atoms. The van der Waals surface area contributed by atoms with Gasteiger partial charge in [-0.05, 0) is 43.2 Å². The minimum absolute atomic E-state index is 0.111. The Hall–Kier alpha value is -3.22. The molecule has 1 aliphatic rings. The summed E-state index contributed by atoms with van der Waals surface area (Å²) in [6.45, 7) is 1.91. The fourth-order valence-electron chi connectivity index (χ4n) is 3.26. The van der Waals surface area contributed by atoms with Crippen LogP contribution in [-0.4, -0.2) is 28.1 Å². The Morgan fingerprint density at radius 2 is 2.15 bits per heavy atom. The van der Waals surface area contributed by atoms with Gasteiger partial charge in [0.2, 0.25) is 11.8 Å². The van der Waals surface area contributed by atoms with E-state index in [1.807, 2.05) is 13.0 Å². The largest absolute Gasteiger partial charge is 0.344 e. The normalized spacial score (nSPS) is 16.7. The van der Waals surface area contributed by atoms with Gasteiger partial charge in [0.15, 0.2) is 0 Å². The van der Waals surface area contributed by atoms with Crippen molar-refractivity contribution in [3.8, 4) is 11.3 Å². The van der Waals surface area contributed by atoms with Crippen LogP contribution in [-0.2, 0) is 9.59 Å². The predicted octanol–water partition coefficient (Wildman–Crippen LogP) is 2.89. The quantitative estimate of drug-likeness (QED) is 0.677. The molecule has 1 saturated heterocycles. The number of carbonyl (C=O) groups is 2. The van der Waals surface area contributed by atoms with E-state index in [2.05, 4.69) is 20.8 Å². The Labute approximate surface area is 148 Å². The standard InChI is InChI=1S/C19H17FN4O2/c1-10-7-13(21-19(26)15-5-6-16(25)22-15)9-14-17(10)23-24-18(14)11-3-2-4-12(20)8-11/h2-4,7-9,15H,5-6H2,1H3,(H,21,26)(H,22,25)(H,23,24)/t15-/m0/s1. The van der Waals surface area contributed by atoms with Crippen LogP contribution in [0.5, 0.6) is 0 Å². The molecule has 2 aromatic carbocycles. The highest BCUT2D eigenvalue weighted by molar-refractivity contribution is 6.02. The van der Waals surface area contributed by atoms with Crippen molar-refractivity contribution in [3.63, 3.8) is 0 Å². The first kappa shape index (κ1) is 16.3. The molecule has 7 heteroatoms. The molecule has 2 heterocycles. The number of nitrogens with zero attached hydrogens (tertiary/aromatic N) is 1. The van der Waals surface area contributed by atoms with E-state index < -0.39 is 6.04 Å². The highest BCUT2D eigenvalue weighted by Gasteiger charge is 2.27. The summed E-state index contributed by atoms with van der Waals surface area (Å²) in [5.41, 5.74) is 3.62. The molecule has 0 bridgehead atoms. The highest BCUT2D eigenvalue weighted by Crippen LogP contribution is 2.31. The van der Waals surface area contributed by atoms with Crippen LogP contribution in [0.1, 0.15) is 18.4 Å². The van der Waals surface area contributed by atoms with E-state index in [1.54, 1.807) is 18.2 Å². The fourth-order valence-corrected chi connectivity index (χ4v) is 3.26. The molecule has 0 unspecified atom stereocenters. The minimum atomic E-state index is -0.509. The van der Waals surface area contributed by atoms with Crippen molar-refractivity contribution in [1.82, 2.24) is 15.5 Å². The number of aromatic nitrogens is 2. The lowest BCUT2D eigenvalue weighted by Crippen LogP contribution is -2.37. The number of aromatic amines is 1. The van der Waals surface area contributed by atoms with Crippen molar-refractivity contribution in [1.29, 1.82) is 0 Å². The Kier molecular flexibility index (Phi) is 3.91. The van der Waals surface area contributed by atoms with E-state index in [4.69, 9.17) is 0 Å². The maximum absolute atomic E-state index is 13.6. The summed E-state index contributed by atoms with van der Waals surface area (Å²) in [5, 5.41) is 13.6. The van der Waals surface area contributed by atoms with E-state index in [0.717, 1.165) is 16.5 Å². The zero-order valence-corrected chi connectivity index (χ0v) is 14.1. The second kappa shape index (κ2) is 6.25. The first-order valence-electron chi connectivity index (χ1n) is 8.36. The van der Waals surface area contributed by atoms with Gasteiger partial charge in [0.25, 0.3) is 0 Å². The summed E-state index contributed by atoms with van der Waals surface area (Å²) >= 11 is 0. The van der Waals surface area contributed by atoms with Crippen LogP contribution in [0.2, 0.25) is 0 Å². The van der Waals surface area contributed by atoms with Gasteiger partial charge in [0.1, 0.15) is 17.6 Å². The first-order chi connectivity index (χ1) is 12.5. The Morgan fingerprint density at radius 1 is 1.31 bits per heavy atom. The SMILES string of the molecule is Cc1cc(NC(=O)[C@@H]2CCC(=O)N2)cc2c(-c3cccc(F)c3)n[nH]c12. The van der Waals surface area contributed by atoms with Crippen LogP contribution >= 0.6 is 0 Å². The number of nitrogens with one attached hydrogen (secondary N) is 3. The number of benzene rings is 2. The Balaban J connectivity index is 1.70. The van der Waals surface area contributed by atoms with Gasteiger partial charge < -0.3 is 10.6 Å². The zero-order valence-electron chi connectivity index (χ0n) is 14.1. The van der Waals surface area contributed by atoms with Gasteiger partial charge in [-0.15, -0.1) is 0 Å². The molecular formula is C19H17FN4O2. The number of H-pyrrole nitrogens is 1. The number of carbonyl (C=O) groups excluding carboxylic acids is 2. The molecule has 1 atom stereocenters. The summed E-state index contributed by atoms with van der Waals surface area (Å²) < 4.78 is 13.6. The average Bonchev–Trinajstić information content (AvgIpc) is 3.21. The van der Waals surface area contributed by atoms with E-state index in [1.165, 1.54) is 12.1 Å². The van der Waals surface area contributed by atoms with Gasteiger partial charge in [0, 0.05) is 23.1 Å². The molecule has 132 valence electrons. The maximum Gasteiger partial charge on any atom is 0.246 e. The number of hydrogen-bond acceptors (Lipinski definition) is 3. The van der Waals surface area contributed by atoms with Crippen LogP contribution in [0.25, 0.3) is 22.2 Å². The van der Waals surface area contributed by atoms with Crippen LogP contribution in [0.4, 0.5) is 10.1 Å². The van der Waals surface area contributed by atoms with E-state index in [-0.39, 0.29) is 17.6 Å². The number of hydrogen-bond donors (Lipinski definition) is 3. The predicted molar refractivity (Wildman–Crippen MR) is 96.0 cm³/mol. The molecule has 3 aromatic rings. The van der Waals surface area contributed by atoms with Crippen molar-refractivity contribution in [2.24, 2.45) is 0 Å². The van der Waals surface area contributed by atoms with Crippen molar-refractivity contribution < 1.29 is 14.0 Å². The van der Waals surface area contributed by atoms with Crippen LogP contribution in [0.15, 0.2) is 36.4 Å². The lowest BCUT2D eigenvalue weighted by molar-refractivity contribution is -0.122. The number of rotatable bonds is 3. The first-order valence-corrected chi connectivity index (χ1v) is 8.36. The van der Waals surface area contributed by atoms with Gasteiger partial charge in [-0.3, -0.25) is 14.7 Å². The lowest BCUT2D eigenvalue weighted by Gasteiger charge is -2.12. The smallest absolute Gasteiger partial charge is 0.246 e. The minimum Gasteiger partial charge on any atom is -0.344 e. The topological polar surface area (TPSA) is 86.9 Å². The van der Waals surface area contributed by atoms with Crippen LogP contribution < -0.4 is 10.6 Å². The Bertz CT molecular complexity index is 1030. The van der Waals surface area contributed by atoms with Gasteiger partial charge in [-0.2, -0.15) is 5.10 Å². The highest BCUT2D eigenvalue weighted by atomic mass is 19.1. The average molecular weight is 352 g/mol. The number of aryl methyl sites for hydroxylation is 1. The molecule has 6 nitrogen and oxygen atoms in total. The molecule has 1 aromatic heterocycles. The van der Waals surface area contributed by atoms with Crippen molar-refractivity contribution >= 4 is 28.4 Å². The second-order valence-corrected chi connectivity index (χ2v) is 6.45. The molecule has 3 N–H and O–H groups in total. The lowest BCUT2D eigenvalue weighted by atomic mass is 10.0. The molecule has 4 rings (SSSR count). The molecule has 1 fully saturated rings. The summed E-state index contributed by atoms with van der Waals surface area (Å²) in [7, 11) is 0. The van der Waals surface area contributed by atoms with E-state index >= 15 is 0 Å². The van der Waals surface area contributed by atoms with Gasteiger partial charge in [-0.25, -0.2) is 4.39 Å². The summed E-state index contributed by atoms with van der Waals surface area (Å²) in [6, 6.07) is 9.35. The number of anilines is 1. The third-order valence-corrected chi connectivity index (χ3v) is 4.55. The van der Waals surface area contributed by atoms with Crippen molar-refractivity contribution in [2.75, 3.05) is 5.32 Å². The van der Waals surface area contributed by atoms with E-state index in [0.29, 0.717) is 29.8 Å². The van der Waals surface area contributed by atoms with Crippen molar-refractivity contribution in [2.45, 2.75) is 25.8 Å². The number of halogens is 1. The number of amides is 2. The van der Waals surface area contributed by atoms with Crippen LogP contribution in [0, 0.1) is 12.7 Å². The molecule has 1 aliphatic heterocycles. The van der Waals surface area contributed by atoms with Crippen LogP contribution in [0.3, 0.4) is 0 Å². The van der Waals surface area contributed by atoms with Crippen molar-refractivity contribution in [3.05, 3.63) is 47.8 Å². The van der Waals surface area contributed by atoms with Gasteiger partial charge in [0.05, 0.1) is 5.52 Å². The molecule has 2 amide bonds. The molecule has 0 spiro atoms. The number of fused-ring (bicyclic) bond motifs is 1. The second-order valence-electron chi connectivity index (χ2n) is 6.45. The maximum atomic E-state index is 13.6. The van der Waals surface area contributed by atoms with E-state index in [9.17, 15) is 14.0 Å². The zero-order chi connectivity index (χ0) is 18.3. The van der Waals surface area contributed by atoms with Gasteiger partial charge in [-0.1, -0.05) is 12.1 Å². The monoisotopic (exact) mass is 352 g/mol. The molecule has 0 saturated carbocycles. The molecule has 0 radical (unpaired) electrons.